The van der Waals surface area contributed by atoms with Gasteiger partial charge in [0.2, 0.25) is 0 Å². The van der Waals surface area contributed by atoms with E-state index in [2.05, 4.69) is 0 Å². The van der Waals surface area contributed by atoms with Gasteiger partial charge in [0.15, 0.2) is 17.3 Å². The average molecular weight is 370 g/mol. The molecular weight excluding hydrogens is 348 g/mol. The Hall–Kier alpha value is -3.15. The molecule has 6 nitrogen and oxygen atoms in total. The highest BCUT2D eigenvalue weighted by Gasteiger charge is 2.31. The summed E-state index contributed by atoms with van der Waals surface area (Å²) in [5, 5.41) is 30.0. The van der Waals surface area contributed by atoms with E-state index >= 15 is 0 Å². The van der Waals surface area contributed by atoms with Crippen molar-refractivity contribution in [1.29, 1.82) is 0 Å². The Balaban J connectivity index is 2.02. The highest BCUT2D eigenvalue weighted by Crippen LogP contribution is 2.43. The lowest BCUT2D eigenvalue weighted by Gasteiger charge is -2.27. The van der Waals surface area contributed by atoms with E-state index in [4.69, 9.17) is 9.47 Å². The van der Waals surface area contributed by atoms with E-state index in [-0.39, 0.29) is 40.8 Å². The minimum atomic E-state index is -0.619. The maximum absolute atomic E-state index is 12.5. The minimum Gasteiger partial charge on any atom is -0.508 e. The summed E-state index contributed by atoms with van der Waals surface area (Å²) >= 11 is 0. The Bertz CT molecular complexity index is 925. The number of hydrogen-bond acceptors (Lipinski definition) is 6. The SMILES string of the molecule is COc1cc([C@H]2CC(=O)c3c(O)cc(O)cc3O2)cc(CC=C(C)C)c1O. The first-order valence-electron chi connectivity index (χ1n) is 8.59. The van der Waals surface area contributed by atoms with Crippen LogP contribution in [0.15, 0.2) is 35.9 Å². The van der Waals surface area contributed by atoms with Crippen molar-refractivity contribution in [2.24, 2.45) is 0 Å². The van der Waals surface area contributed by atoms with Gasteiger partial charge in [0.1, 0.15) is 28.9 Å². The molecule has 0 saturated heterocycles. The number of rotatable bonds is 4. The number of hydrogen-bond donors (Lipinski definition) is 3. The summed E-state index contributed by atoms with van der Waals surface area (Å²) < 4.78 is 11.1. The second-order valence-corrected chi connectivity index (χ2v) is 6.79. The predicted molar refractivity (Wildman–Crippen MR) is 99.9 cm³/mol. The highest BCUT2D eigenvalue weighted by molar-refractivity contribution is 6.02. The van der Waals surface area contributed by atoms with Crippen LogP contribution in [0.3, 0.4) is 0 Å². The van der Waals surface area contributed by atoms with Gasteiger partial charge in [-0.1, -0.05) is 11.6 Å². The number of Topliss-reactive ketones (excluding diaryl/α,β-unsaturated/α-hetero) is 1. The summed E-state index contributed by atoms with van der Waals surface area (Å²) in [5.74, 6) is -0.293. The van der Waals surface area contributed by atoms with Crippen LogP contribution in [0.25, 0.3) is 0 Å². The third kappa shape index (κ3) is 3.69. The number of carbonyl (C=O) groups excluding carboxylic acids is 1. The van der Waals surface area contributed by atoms with Crippen molar-refractivity contribution in [2.75, 3.05) is 7.11 Å². The standard InChI is InChI=1S/C21H22O6/c1-11(2)4-5-12-6-13(7-19(26-3)21(12)25)17-10-16(24)20-15(23)8-14(22)9-18(20)27-17/h4,6-9,17,22-23,25H,5,10H2,1-3H3/t17-/m1/s1. The van der Waals surface area contributed by atoms with Crippen LogP contribution in [0.2, 0.25) is 0 Å². The van der Waals surface area contributed by atoms with E-state index in [0.717, 1.165) is 11.6 Å². The van der Waals surface area contributed by atoms with Crippen LogP contribution in [0.1, 0.15) is 47.9 Å². The van der Waals surface area contributed by atoms with Gasteiger partial charge in [-0.3, -0.25) is 4.79 Å². The molecule has 3 N–H and O–H groups in total. The van der Waals surface area contributed by atoms with Crippen LogP contribution in [0.4, 0.5) is 0 Å². The predicted octanol–water partition coefficient (Wildman–Crippen LogP) is 4.03. The molecule has 0 fully saturated rings. The fraction of sp³-hybridized carbons (Fsp3) is 0.286. The van der Waals surface area contributed by atoms with Gasteiger partial charge >= 0.3 is 0 Å². The molecule has 2 aromatic carbocycles. The second kappa shape index (κ2) is 7.23. The first-order valence-corrected chi connectivity index (χ1v) is 8.59. The first kappa shape index (κ1) is 18.6. The lowest BCUT2D eigenvalue weighted by atomic mass is 9.93. The summed E-state index contributed by atoms with van der Waals surface area (Å²) in [7, 11) is 1.46. The normalized spacial score (nSPS) is 15.7. The van der Waals surface area contributed by atoms with Crippen molar-refractivity contribution < 1.29 is 29.6 Å². The lowest BCUT2D eigenvalue weighted by Crippen LogP contribution is -2.20. The Morgan fingerprint density at radius 2 is 1.96 bits per heavy atom. The number of methoxy groups -OCH3 is 1. The molecule has 0 spiro atoms. The third-order valence-corrected chi connectivity index (χ3v) is 4.48. The highest BCUT2D eigenvalue weighted by atomic mass is 16.5. The summed E-state index contributed by atoms with van der Waals surface area (Å²) in [4.78, 5) is 12.5. The van der Waals surface area contributed by atoms with Crippen LogP contribution < -0.4 is 9.47 Å². The quantitative estimate of drug-likeness (QED) is 0.703. The molecule has 0 unspecified atom stereocenters. The number of ether oxygens (including phenoxy) is 2. The molecule has 0 aromatic heterocycles. The van der Waals surface area contributed by atoms with Gasteiger partial charge in [-0.25, -0.2) is 0 Å². The molecule has 142 valence electrons. The third-order valence-electron chi connectivity index (χ3n) is 4.48. The second-order valence-electron chi connectivity index (χ2n) is 6.79. The summed E-state index contributed by atoms with van der Waals surface area (Å²) in [6.07, 6.45) is 1.90. The summed E-state index contributed by atoms with van der Waals surface area (Å²) in [5.41, 5.74) is 2.51. The van der Waals surface area contributed by atoms with E-state index in [1.165, 1.54) is 13.2 Å². The maximum Gasteiger partial charge on any atom is 0.174 e. The molecule has 6 heteroatoms. The Kier molecular flexibility index (Phi) is 4.99. The Labute approximate surface area is 157 Å². The number of fused-ring (bicyclic) bond motifs is 1. The largest absolute Gasteiger partial charge is 0.508 e. The molecule has 3 rings (SSSR count). The van der Waals surface area contributed by atoms with Gasteiger partial charge in [0.05, 0.1) is 13.5 Å². The van der Waals surface area contributed by atoms with Crippen LogP contribution >= 0.6 is 0 Å². The smallest absolute Gasteiger partial charge is 0.174 e. The van der Waals surface area contributed by atoms with Crippen molar-refractivity contribution >= 4 is 5.78 Å². The van der Waals surface area contributed by atoms with E-state index in [9.17, 15) is 20.1 Å². The van der Waals surface area contributed by atoms with Crippen LogP contribution in [0.5, 0.6) is 28.7 Å². The Morgan fingerprint density at radius 3 is 2.63 bits per heavy atom. The van der Waals surface area contributed by atoms with Gasteiger partial charge in [-0.05, 0) is 38.0 Å². The van der Waals surface area contributed by atoms with Crippen LogP contribution in [-0.2, 0) is 6.42 Å². The minimum absolute atomic E-state index is 0.0291. The fourth-order valence-corrected chi connectivity index (χ4v) is 3.11. The average Bonchev–Trinajstić information content (AvgIpc) is 2.59. The van der Waals surface area contributed by atoms with E-state index in [1.807, 2.05) is 19.9 Å². The van der Waals surface area contributed by atoms with Crippen molar-refractivity contribution in [3.63, 3.8) is 0 Å². The fourth-order valence-electron chi connectivity index (χ4n) is 3.11. The van der Waals surface area contributed by atoms with Crippen molar-refractivity contribution in [3.8, 4) is 28.7 Å². The van der Waals surface area contributed by atoms with Gasteiger partial charge in [0, 0.05) is 17.7 Å². The molecule has 1 atom stereocenters. The number of aromatic hydroxyl groups is 3. The molecular formula is C21H22O6. The topological polar surface area (TPSA) is 96.2 Å². The molecule has 1 aliphatic rings. The number of phenols is 3. The molecule has 2 aromatic rings. The summed E-state index contributed by atoms with van der Waals surface area (Å²) in [6, 6.07) is 5.83. The number of phenolic OH excluding ortho intramolecular Hbond substituents is 3. The Morgan fingerprint density at radius 1 is 1.22 bits per heavy atom. The monoisotopic (exact) mass is 370 g/mol. The zero-order valence-electron chi connectivity index (χ0n) is 15.4. The van der Waals surface area contributed by atoms with Crippen molar-refractivity contribution in [1.82, 2.24) is 0 Å². The number of benzene rings is 2. The molecule has 27 heavy (non-hydrogen) atoms. The molecule has 1 aliphatic heterocycles. The van der Waals surface area contributed by atoms with Gasteiger partial charge in [-0.15, -0.1) is 0 Å². The van der Waals surface area contributed by atoms with Crippen molar-refractivity contribution in [3.05, 3.63) is 52.6 Å². The molecule has 0 bridgehead atoms. The van der Waals surface area contributed by atoms with Crippen molar-refractivity contribution in [2.45, 2.75) is 32.8 Å². The summed E-state index contributed by atoms with van der Waals surface area (Å²) in [6.45, 7) is 3.94. The lowest BCUT2D eigenvalue weighted by molar-refractivity contribution is 0.0844. The van der Waals surface area contributed by atoms with Gasteiger partial charge in [-0.2, -0.15) is 0 Å². The number of ketones is 1. The van der Waals surface area contributed by atoms with Crippen LogP contribution in [-0.4, -0.2) is 28.2 Å². The van der Waals surface area contributed by atoms with Gasteiger partial charge < -0.3 is 24.8 Å². The first-order chi connectivity index (χ1) is 12.8. The molecule has 0 radical (unpaired) electrons. The number of allylic oxidation sites excluding steroid dienone is 2. The van der Waals surface area contributed by atoms with E-state index in [0.29, 0.717) is 23.3 Å². The zero-order chi connectivity index (χ0) is 19.7. The molecule has 0 amide bonds. The molecule has 1 heterocycles. The number of carbonyl (C=O) groups is 1. The maximum atomic E-state index is 12.5. The van der Waals surface area contributed by atoms with Crippen LogP contribution in [0, 0.1) is 0 Å². The molecule has 0 saturated carbocycles. The van der Waals surface area contributed by atoms with Gasteiger partial charge in [0.25, 0.3) is 0 Å². The van der Waals surface area contributed by atoms with E-state index < -0.39 is 6.10 Å². The van der Waals surface area contributed by atoms with E-state index in [1.54, 1.807) is 12.1 Å². The molecule has 0 aliphatic carbocycles. The zero-order valence-corrected chi connectivity index (χ0v) is 15.4.